The maximum absolute atomic E-state index is 9.32. The van der Waals surface area contributed by atoms with Crippen molar-refractivity contribution in [3.8, 4) is 0 Å². The van der Waals surface area contributed by atoms with Crippen LogP contribution in [0.25, 0.3) is 0 Å². The summed E-state index contributed by atoms with van der Waals surface area (Å²) in [6.45, 7) is 3.80. The first-order chi connectivity index (χ1) is 6.15. The summed E-state index contributed by atoms with van der Waals surface area (Å²) in [6, 6.07) is 5.47. The fourth-order valence-corrected chi connectivity index (χ4v) is 1.07. The van der Waals surface area contributed by atoms with Gasteiger partial charge in [-0.1, -0.05) is 19.9 Å². The summed E-state index contributed by atoms with van der Waals surface area (Å²) in [4.78, 5) is 4.23. The first-order valence-corrected chi connectivity index (χ1v) is 4.41. The topological polar surface area (TPSA) is 53.4 Å². The molecule has 0 aliphatic carbocycles. The Bertz CT molecular complexity index is 273. The van der Waals surface area contributed by atoms with E-state index in [0.717, 1.165) is 5.69 Å². The summed E-state index contributed by atoms with van der Waals surface area (Å²) in [6.07, 6.45) is -0.862. The van der Waals surface area contributed by atoms with Crippen LogP contribution in [0.5, 0.6) is 0 Å². The van der Waals surface area contributed by atoms with E-state index >= 15 is 0 Å². The van der Waals surface area contributed by atoms with Crippen LogP contribution < -0.4 is 0 Å². The number of aromatic nitrogens is 1. The molecular weight excluding hydrogens is 166 g/mol. The Morgan fingerprint density at radius 3 is 2.46 bits per heavy atom. The minimum absolute atomic E-state index is 0.283. The molecular formula is C10H15NO2. The highest BCUT2D eigenvalue weighted by molar-refractivity contribution is 5.15. The number of pyridine rings is 1. The molecule has 13 heavy (non-hydrogen) atoms. The molecule has 1 aromatic rings. The Morgan fingerprint density at radius 1 is 1.31 bits per heavy atom. The maximum atomic E-state index is 9.32. The second-order valence-corrected chi connectivity index (χ2v) is 3.34. The molecule has 0 bridgehead atoms. The van der Waals surface area contributed by atoms with E-state index in [1.807, 2.05) is 26.0 Å². The molecule has 0 saturated carbocycles. The van der Waals surface area contributed by atoms with Crippen molar-refractivity contribution in [1.82, 2.24) is 4.98 Å². The van der Waals surface area contributed by atoms with Crippen LogP contribution in [0.3, 0.4) is 0 Å². The predicted molar refractivity (Wildman–Crippen MR) is 50.4 cm³/mol. The molecule has 72 valence electrons. The fraction of sp³-hybridized carbons (Fsp3) is 0.500. The van der Waals surface area contributed by atoms with Gasteiger partial charge in [0, 0.05) is 5.69 Å². The van der Waals surface area contributed by atoms with Crippen LogP contribution in [-0.2, 0) is 0 Å². The highest BCUT2D eigenvalue weighted by Crippen LogP contribution is 2.15. The van der Waals surface area contributed by atoms with Crippen LogP contribution in [0, 0.1) is 0 Å². The zero-order valence-corrected chi connectivity index (χ0v) is 7.94. The van der Waals surface area contributed by atoms with Crippen molar-refractivity contribution in [2.24, 2.45) is 0 Å². The smallest absolute Gasteiger partial charge is 0.119 e. The molecule has 0 saturated heterocycles. The third kappa shape index (κ3) is 2.50. The molecule has 2 N–H and O–H groups in total. The van der Waals surface area contributed by atoms with E-state index in [2.05, 4.69) is 4.98 Å². The Labute approximate surface area is 78.1 Å². The molecule has 0 aliphatic rings. The van der Waals surface area contributed by atoms with Crippen LogP contribution in [0.1, 0.15) is 37.3 Å². The van der Waals surface area contributed by atoms with Gasteiger partial charge in [-0.05, 0) is 18.1 Å². The van der Waals surface area contributed by atoms with Gasteiger partial charge in [0.15, 0.2) is 0 Å². The minimum Gasteiger partial charge on any atom is -0.393 e. The molecule has 0 fully saturated rings. The maximum Gasteiger partial charge on any atom is 0.119 e. The lowest BCUT2D eigenvalue weighted by molar-refractivity contribution is 0.0921. The SMILES string of the molecule is CC(C)c1cccc(C(O)CO)n1. The lowest BCUT2D eigenvalue weighted by Gasteiger charge is -2.09. The number of aliphatic hydroxyl groups is 2. The number of hydrogen-bond acceptors (Lipinski definition) is 3. The van der Waals surface area contributed by atoms with Gasteiger partial charge < -0.3 is 10.2 Å². The normalized spacial score (nSPS) is 13.3. The number of hydrogen-bond donors (Lipinski definition) is 2. The number of aliphatic hydroxyl groups excluding tert-OH is 2. The van der Waals surface area contributed by atoms with E-state index in [1.165, 1.54) is 0 Å². The van der Waals surface area contributed by atoms with Crippen molar-refractivity contribution in [3.05, 3.63) is 29.6 Å². The average molecular weight is 181 g/mol. The zero-order chi connectivity index (χ0) is 9.84. The summed E-state index contributed by atoms with van der Waals surface area (Å²) in [5.41, 5.74) is 1.47. The molecule has 1 aromatic heterocycles. The zero-order valence-electron chi connectivity index (χ0n) is 7.94. The third-order valence-electron chi connectivity index (χ3n) is 1.90. The van der Waals surface area contributed by atoms with Gasteiger partial charge in [-0.3, -0.25) is 4.98 Å². The third-order valence-corrected chi connectivity index (χ3v) is 1.90. The molecule has 1 unspecified atom stereocenters. The lowest BCUT2D eigenvalue weighted by Crippen LogP contribution is -2.06. The highest BCUT2D eigenvalue weighted by atomic mass is 16.3. The van der Waals surface area contributed by atoms with Crippen LogP contribution in [0.15, 0.2) is 18.2 Å². The van der Waals surface area contributed by atoms with Gasteiger partial charge in [-0.2, -0.15) is 0 Å². The van der Waals surface area contributed by atoms with Crippen molar-refractivity contribution in [2.45, 2.75) is 25.9 Å². The van der Waals surface area contributed by atoms with Crippen molar-refractivity contribution >= 4 is 0 Å². The molecule has 0 radical (unpaired) electrons. The van der Waals surface area contributed by atoms with Gasteiger partial charge in [-0.25, -0.2) is 0 Å². The van der Waals surface area contributed by atoms with Crippen molar-refractivity contribution < 1.29 is 10.2 Å². The molecule has 0 aliphatic heterocycles. The van der Waals surface area contributed by atoms with E-state index in [9.17, 15) is 5.11 Å². The van der Waals surface area contributed by atoms with Gasteiger partial charge in [0.1, 0.15) is 6.10 Å². The summed E-state index contributed by atoms with van der Waals surface area (Å²) in [7, 11) is 0. The largest absolute Gasteiger partial charge is 0.393 e. The van der Waals surface area contributed by atoms with Gasteiger partial charge in [0.25, 0.3) is 0 Å². The van der Waals surface area contributed by atoms with Crippen LogP contribution in [0.2, 0.25) is 0 Å². The molecule has 0 amide bonds. The van der Waals surface area contributed by atoms with E-state index in [4.69, 9.17) is 5.11 Å². The highest BCUT2D eigenvalue weighted by Gasteiger charge is 2.08. The summed E-state index contributed by atoms with van der Waals surface area (Å²) in [5, 5.41) is 18.1. The fourth-order valence-electron chi connectivity index (χ4n) is 1.07. The van der Waals surface area contributed by atoms with E-state index in [1.54, 1.807) is 6.07 Å². The molecule has 3 heteroatoms. The molecule has 3 nitrogen and oxygen atoms in total. The first kappa shape index (κ1) is 10.2. The summed E-state index contributed by atoms with van der Waals surface area (Å²) < 4.78 is 0. The Kier molecular flexibility index (Phi) is 3.39. The Hall–Kier alpha value is -0.930. The second-order valence-electron chi connectivity index (χ2n) is 3.34. The monoisotopic (exact) mass is 181 g/mol. The van der Waals surface area contributed by atoms with Crippen molar-refractivity contribution in [3.63, 3.8) is 0 Å². The first-order valence-electron chi connectivity index (χ1n) is 4.41. The predicted octanol–water partition coefficient (Wildman–Crippen LogP) is 1.23. The average Bonchev–Trinajstić information content (AvgIpc) is 2.17. The van der Waals surface area contributed by atoms with Crippen LogP contribution in [-0.4, -0.2) is 21.8 Å². The van der Waals surface area contributed by atoms with Crippen molar-refractivity contribution in [1.29, 1.82) is 0 Å². The molecule has 1 atom stereocenters. The van der Waals surface area contributed by atoms with E-state index in [-0.39, 0.29) is 6.61 Å². The minimum atomic E-state index is -0.862. The lowest BCUT2D eigenvalue weighted by atomic mass is 10.1. The Balaban J connectivity index is 2.91. The second kappa shape index (κ2) is 4.35. The summed E-state index contributed by atoms with van der Waals surface area (Å²) >= 11 is 0. The van der Waals surface area contributed by atoms with E-state index < -0.39 is 6.10 Å². The molecule has 0 aromatic carbocycles. The van der Waals surface area contributed by atoms with Gasteiger partial charge >= 0.3 is 0 Å². The number of nitrogens with zero attached hydrogens (tertiary/aromatic N) is 1. The van der Waals surface area contributed by atoms with E-state index in [0.29, 0.717) is 11.6 Å². The van der Waals surface area contributed by atoms with Crippen LogP contribution >= 0.6 is 0 Å². The number of rotatable bonds is 3. The Morgan fingerprint density at radius 2 is 1.92 bits per heavy atom. The quantitative estimate of drug-likeness (QED) is 0.737. The standard InChI is InChI=1S/C10H15NO2/c1-7(2)8-4-3-5-9(11-8)10(13)6-12/h3-5,7,10,12-13H,6H2,1-2H3. The molecule has 1 heterocycles. The van der Waals surface area contributed by atoms with Gasteiger partial charge in [0.05, 0.1) is 12.3 Å². The van der Waals surface area contributed by atoms with Crippen molar-refractivity contribution in [2.75, 3.05) is 6.61 Å². The molecule has 1 rings (SSSR count). The van der Waals surface area contributed by atoms with Gasteiger partial charge in [-0.15, -0.1) is 0 Å². The summed E-state index contributed by atoms with van der Waals surface area (Å²) in [5.74, 6) is 0.339. The molecule has 0 spiro atoms. The van der Waals surface area contributed by atoms with Crippen LogP contribution in [0.4, 0.5) is 0 Å². The van der Waals surface area contributed by atoms with Gasteiger partial charge in [0.2, 0.25) is 0 Å².